The summed E-state index contributed by atoms with van der Waals surface area (Å²) in [6.07, 6.45) is 6.99. The van der Waals surface area contributed by atoms with Crippen LogP contribution in [-0.4, -0.2) is 58.1 Å². The highest BCUT2D eigenvalue weighted by atomic mass is 19.4. The fourth-order valence-corrected chi connectivity index (χ4v) is 6.36. The fraction of sp³-hybridized carbons (Fsp3) is 0.500. The number of imidazole rings is 1. The van der Waals surface area contributed by atoms with Crippen LogP contribution < -0.4 is 5.69 Å². The van der Waals surface area contributed by atoms with Crippen molar-refractivity contribution in [3.05, 3.63) is 76.1 Å². The van der Waals surface area contributed by atoms with Crippen LogP contribution >= 0.6 is 0 Å². The second-order valence-electron chi connectivity index (χ2n) is 11.4. The maximum Gasteiger partial charge on any atom is 0.418 e. The number of azo groups is 1. The molecule has 6 rings (SSSR count). The van der Waals surface area contributed by atoms with E-state index < -0.39 is 17.4 Å². The molecule has 0 spiro atoms. The molecule has 0 unspecified atom stereocenters. The first kappa shape index (κ1) is 27.8. The number of halogens is 3. The van der Waals surface area contributed by atoms with E-state index in [9.17, 15) is 18.0 Å². The summed E-state index contributed by atoms with van der Waals surface area (Å²) in [7, 11) is 3.58. The summed E-state index contributed by atoms with van der Waals surface area (Å²) in [5.74, 6) is 0.389. The Bertz CT molecular complexity index is 1540. The summed E-state index contributed by atoms with van der Waals surface area (Å²) in [6, 6.07) is 8.69. The van der Waals surface area contributed by atoms with Crippen LogP contribution in [0.15, 0.2) is 57.7 Å². The number of rotatable bonds is 7. The molecule has 1 radical (unpaired) electrons. The Hall–Kier alpha value is -3.31. The van der Waals surface area contributed by atoms with Crippen LogP contribution in [0.2, 0.25) is 0 Å². The molecule has 3 aromatic rings. The molecule has 2 fully saturated rings. The van der Waals surface area contributed by atoms with Crippen molar-refractivity contribution < 1.29 is 22.5 Å². The standard InChI is InChI=1S/C30H35F3N6O2/c1-36-19-34-35-28(36)27(21-7-5-8-21)22-9-6-10-23(14-22)38-18-26-25(30(31,32)33)13-20(16-39(26)29(38)40)15-37-12-4-3-11-24(17-37)41-2/h6,9-10,13-14,16,18-19,21,24,27H,3-5,7-8,11-12,15,17H2,1-2H3/q+1/t24-,27-/m1/s1. The molecule has 11 heteroatoms. The van der Waals surface area contributed by atoms with Gasteiger partial charge in [0.05, 0.1) is 41.0 Å². The Kier molecular flexibility index (Phi) is 7.58. The first-order chi connectivity index (χ1) is 19.7. The molecule has 1 saturated heterocycles. The van der Waals surface area contributed by atoms with Gasteiger partial charge in [0.25, 0.3) is 0 Å². The van der Waals surface area contributed by atoms with Gasteiger partial charge in [0, 0.05) is 32.6 Å². The van der Waals surface area contributed by atoms with Gasteiger partial charge in [-0.3, -0.25) is 13.9 Å². The molecule has 1 aromatic carbocycles. The second kappa shape index (κ2) is 11.2. The first-order valence-electron chi connectivity index (χ1n) is 14.3. The van der Waals surface area contributed by atoms with Crippen LogP contribution in [0.3, 0.4) is 0 Å². The molecule has 1 saturated carbocycles. The predicted octanol–water partition coefficient (Wildman–Crippen LogP) is 5.62. The van der Waals surface area contributed by atoms with E-state index in [0.717, 1.165) is 61.2 Å². The number of nitrogens with zero attached hydrogens (tertiary/aromatic N) is 6. The van der Waals surface area contributed by atoms with E-state index >= 15 is 0 Å². The van der Waals surface area contributed by atoms with Gasteiger partial charge in [-0.2, -0.15) is 13.2 Å². The highest BCUT2D eigenvalue weighted by molar-refractivity contribution is 5.58. The van der Waals surface area contributed by atoms with Gasteiger partial charge in [0.2, 0.25) is 0 Å². The highest BCUT2D eigenvalue weighted by Gasteiger charge is 2.42. The second-order valence-corrected chi connectivity index (χ2v) is 11.4. The Morgan fingerprint density at radius 3 is 2.63 bits per heavy atom. The zero-order chi connectivity index (χ0) is 28.7. The topological polar surface area (TPSA) is 66.6 Å². The normalized spacial score (nSPS) is 21.7. The van der Waals surface area contributed by atoms with Crippen molar-refractivity contribution in [1.82, 2.24) is 13.9 Å². The van der Waals surface area contributed by atoms with Crippen LogP contribution in [0.25, 0.3) is 11.2 Å². The van der Waals surface area contributed by atoms with Crippen LogP contribution in [0.1, 0.15) is 61.1 Å². The van der Waals surface area contributed by atoms with Gasteiger partial charge in [-0.1, -0.05) is 18.6 Å². The average Bonchev–Trinajstić information content (AvgIpc) is 3.40. The molecule has 217 valence electrons. The molecule has 2 aliphatic heterocycles. The lowest BCUT2D eigenvalue weighted by Crippen LogP contribution is -2.32. The SMILES string of the molecule is CO[C@@H]1CCCCN(Cc2cc(C(F)(F)F)c3cn(-c4cccc([C@H]([C]5N=NC=[N+]5C)C5CCC5)c4)c(=O)n3c2)C1. The van der Waals surface area contributed by atoms with Crippen molar-refractivity contribution in [2.24, 2.45) is 16.1 Å². The molecule has 0 bridgehead atoms. The Balaban J connectivity index is 1.39. The fourth-order valence-electron chi connectivity index (χ4n) is 6.36. The van der Waals surface area contributed by atoms with Gasteiger partial charge in [0.1, 0.15) is 0 Å². The van der Waals surface area contributed by atoms with Crippen LogP contribution in [-0.2, 0) is 17.5 Å². The number of ether oxygens (including phenoxy) is 1. The van der Waals surface area contributed by atoms with Crippen molar-refractivity contribution in [2.75, 3.05) is 27.2 Å². The number of fused-ring (bicyclic) bond motifs is 1. The van der Waals surface area contributed by atoms with Gasteiger partial charge in [-0.25, -0.2) is 9.37 Å². The van der Waals surface area contributed by atoms with Crippen molar-refractivity contribution >= 4 is 11.9 Å². The quantitative estimate of drug-likeness (QED) is 0.348. The zero-order valence-corrected chi connectivity index (χ0v) is 23.3. The zero-order valence-electron chi connectivity index (χ0n) is 23.3. The number of benzene rings is 1. The van der Waals surface area contributed by atoms with Crippen molar-refractivity contribution in [2.45, 2.75) is 63.3 Å². The van der Waals surface area contributed by atoms with E-state index in [-0.39, 0.29) is 17.5 Å². The summed E-state index contributed by atoms with van der Waals surface area (Å²) < 4.78 is 52.9. The van der Waals surface area contributed by atoms with Crippen LogP contribution in [0, 0.1) is 12.1 Å². The molecular formula is C30H35F3N6O2+. The monoisotopic (exact) mass is 568 g/mol. The Labute approximate surface area is 236 Å². The van der Waals surface area contributed by atoms with Crippen molar-refractivity contribution in [3.63, 3.8) is 0 Å². The third-order valence-corrected chi connectivity index (χ3v) is 8.73. The van der Waals surface area contributed by atoms with E-state index in [2.05, 4.69) is 15.1 Å². The summed E-state index contributed by atoms with van der Waals surface area (Å²) in [5.41, 5.74) is 0.429. The van der Waals surface area contributed by atoms with Crippen LogP contribution in [0.4, 0.5) is 13.2 Å². The van der Waals surface area contributed by atoms with E-state index in [4.69, 9.17) is 4.74 Å². The number of hydrogen-bond donors (Lipinski definition) is 0. The minimum absolute atomic E-state index is 0.00850. The van der Waals surface area contributed by atoms with Gasteiger partial charge >= 0.3 is 24.4 Å². The Morgan fingerprint density at radius 1 is 1.12 bits per heavy atom. The third kappa shape index (κ3) is 5.49. The van der Waals surface area contributed by atoms with Gasteiger partial charge < -0.3 is 4.74 Å². The molecular weight excluding hydrogens is 533 g/mol. The summed E-state index contributed by atoms with van der Waals surface area (Å²) in [6.45, 7) is 1.73. The number of methoxy groups -OCH3 is 1. The molecule has 41 heavy (non-hydrogen) atoms. The summed E-state index contributed by atoms with van der Waals surface area (Å²) >= 11 is 0. The third-order valence-electron chi connectivity index (χ3n) is 8.73. The molecule has 2 aromatic heterocycles. The maximum atomic E-state index is 14.3. The van der Waals surface area contributed by atoms with E-state index in [1.807, 2.05) is 29.8 Å². The predicted molar refractivity (Wildman–Crippen MR) is 148 cm³/mol. The van der Waals surface area contributed by atoms with Gasteiger partial charge in [-0.05, 0) is 79.0 Å². The minimum atomic E-state index is -4.61. The van der Waals surface area contributed by atoms with Gasteiger partial charge in [0.15, 0.2) is 0 Å². The number of alkyl halides is 3. The maximum absolute atomic E-state index is 14.3. The van der Waals surface area contributed by atoms with Crippen LogP contribution in [0.5, 0.6) is 0 Å². The first-order valence-corrected chi connectivity index (χ1v) is 14.3. The number of likely N-dealkylation sites (tertiary alicyclic amines) is 1. The highest BCUT2D eigenvalue weighted by Crippen LogP contribution is 2.46. The lowest BCUT2D eigenvalue weighted by atomic mass is 9.71. The summed E-state index contributed by atoms with van der Waals surface area (Å²) in [5, 5.41) is 8.43. The smallest absolute Gasteiger partial charge is 0.380 e. The molecule has 0 amide bonds. The lowest BCUT2D eigenvalue weighted by Gasteiger charge is -2.34. The minimum Gasteiger partial charge on any atom is -0.380 e. The average molecular weight is 569 g/mol. The van der Waals surface area contributed by atoms with Gasteiger partial charge in [-0.15, -0.1) is 0 Å². The molecule has 0 N–H and O–H groups in total. The molecule has 4 heterocycles. The number of aromatic nitrogens is 2. The largest absolute Gasteiger partial charge is 0.418 e. The number of likely N-dealkylation sites (N-methyl/N-ethyl adjacent to an activating group) is 1. The Morgan fingerprint density at radius 2 is 1.95 bits per heavy atom. The lowest BCUT2D eigenvalue weighted by molar-refractivity contribution is -0.480. The molecule has 1 aliphatic carbocycles. The number of pyridine rings is 1. The van der Waals surface area contributed by atoms with E-state index in [0.29, 0.717) is 30.3 Å². The van der Waals surface area contributed by atoms with Crippen molar-refractivity contribution in [3.8, 4) is 5.69 Å². The molecule has 3 aliphatic rings. The molecule has 8 nitrogen and oxygen atoms in total. The van der Waals surface area contributed by atoms with E-state index in [1.54, 1.807) is 25.7 Å². The van der Waals surface area contributed by atoms with E-state index in [1.165, 1.54) is 16.8 Å². The van der Waals surface area contributed by atoms with Crippen molar-refractivity contribution in [1.29, 1.82) is 0 Å². The summed E-state index contributed by atoms with van der Waals surface area (Å²) in [4.78, 5) is 15.8. The number of hydrogen-bond acceptors (Lipinski definition) is 5. The molecule has 2 atom stereocenters.